The predicted molar refractivity (Wildman–Crippen MR) is 66.5 cm³/mol. The Bertz CT molecular complexity index is 327. The van der Waals surface area contributed by atoms with Gasteiger partial charge < -0.3 is 16.0 Å². The molecule has 0 saturated heterocycles. The Kier molecular flexibility index (Phi) is 4.03. The first kappa shape index (κ1) is 11.4. The summed E-state index contributed by atoms with van der Waals surface area (Å²) >= 11 is 0. The van der Waals surface area contributed by atoms with E-state index in [-0.39, 0.29) is 0 Å². The highest BCUT2D eigenvalue weighted by Gasteiger charge is 1.94. The Morgan fingerprint density at radius 2 is 2.00 bits per heavy atom. The smallest absolute Gasteiger partial charge is 0.0381 e. The van der Waals surface area contributed by atoms with Gasteiger partial charge in [-0.3, -0.25) is 0 Å². The van der Waals surface area contributed by atoms with Crippen molar-refractivity contribution in [3.05, 3.63) is 36.2 Å². The second kappa shape index (κ2) is 5.29. The number of hydrogen-bond donors (Lipinski definition) is 2. The molecule has 0 heterocycles. The number of allylic oxidation sites excluding steroid dienone is 1. The molecule has 0 unspecified atom stereocenters. The van der Waals surface area contributed by atoms with Crippen molar-refractivity contribution in [3.8, 4) is 0 Å². The summed E-state index contributed by atoms with van der Waals surface area (Å²) in [4.78, 5) is 2.17. The highest BCUT2D eigenvalue weighted by atomic mass is 15.1. The number of rotatable bonds is 4. The molecule has 0 amide bonds. The molecule has 0 radical (unpaired) electrons. The molecule has 0 aromatic heterocycles. The Morgan fingerprint density at radius 3 is 2.53 bits per heavy atom. The summed E-state index contributed by atoms with van der Waals surface area (Å²) in [5.41, 5.74) is 8.64. The van der Waals surface area contributed by atoms with Gasteiger partial charge in [0.25, 0.3) is 0 Å². The number of nitrogen functional groups attached to an aromatic ring is 1. The third-order valence-corrected chi connectivity index (χ3v) is 2.43. The third kappa shape index (κ3) is 3.54. The van der Waals surface area contributed by atoms with Gasteiger partial charge in [-0.2, -0.15) is 0 Å². The SMILES string of the molecule is CCN(C)/C(C)=C\Nc1ccc(N)cc1. The van der Waals surface area contributed by atoms with Crippen molar-refractivity contribution < 1.29 is 0 Å². The molecule has 0 aliphatic rings. The molecule has 3 N–H and O–H groups in total. The molecule has 0 fully saturated rings. The van der Waals surface area contributed by atoms with Crippen LogP contribution in [-0.4, -0.2) is 18.5 Å². The van der Waals surface area contributed by atoms with Crippen molar-refractivity contribution in [1.82, 2.24) is 4.90 Å². The fourth-order valence-electron chi connectivity index (χ4n) is 1.13. The van der Waals surface area contributed by atoms with Crippen LogP contribution in [0.25, 0.3) is 0 Å². The Hall–Kier alpha value is -1.64. The lowest BCUT2D eigenvalue weighted by molar-refractivity contribution is 0.442. The normalized spacial score (nSPS) is 11.3. The zero-order valence-electron chi connectivity index (χ0n) is 9.62. The number of anilines is 2. The van der Waals surface area contributed by atoms with Gasteiger partial charge in [0.1, 0.15) is 0 Å². The fraction of sp³-hybridized carbons (Fsp3) is 0.333. The maximum atomic E-state index is 5.60. The van der Waals surface area contributed by atoms with E-state index in [1.165, 1.54) is 5.70 Å². The lowest BCUT2D eigenvalue weighted by Gasteiger charge is -2.17. The van der Waals surface area contributed by atoms with Gasteiger partial charge in [-0.15, -0.1) is 0 Å². The molecule has 15 heavy (non-hydrogen) atoms. The molecule has 0 aliphatic carbocycles. The molecule has 1 aromatic carbocycles. The van der Waals surface area contributed by atoms with E-state index in [0.717, 1.165) is 17.9 Å². The van der Waals surface area contributed by atoms with Crippen LogP contribution in [0.15, 0.2) is 36.2 Å². The highest BCUT2D eigenvalue weighted by Crippen LogP contribution is 2.11. The van der Waals surface area contributed by atoms with Crippen LogP contribution in [-0.2, 0) is 0 Å². The van der Waals surface area contributed by atoms with Crippen molar-refractivity contribution in [2.24, 2.45) is 0 Å². The van der Waals surface area contributed by atoms with Crippen LogP contribution >= 0.6 is 0 Å². The summed E-state index contributed by atoms with van der Waals surface area (Å²) in [6.45, 7) is 5.21. The van der Waals surface area contributed by atoms with Crippen molar-refractivity contribution in [2.75, 3.05) is 24.6 Å². The zero-order chi connectivity index (χ0) is 11.3. The van der Waals surface area contributed by atoms with Crippen LogP contribution in [0.4, 0.5) is 11.4 Å². The summed E-state index contributed by atoms with van der Waals surface area (Å²) in [7, 11) is 2.07. The molecule has 3 nitrogen and oxygen atoms in total. The average molecular weight is 205 g/mol. The summed E-state index contributed by atoms with van der Waals surface area (Å²) in [5, 5.41) is 3.23. The third-order valence-electron chi connectivity index (χ3n) is 2.43. The minimum atomic E-state index is 0.784. The lowest BCUT2D eigenvalue weighted by Crippen LogP contribution is -2.15. The Morgan fingerprint density at radius 1 is 1.40 bits per heavy atom. The summed E-state index contributed by atoms with van der Waals surface area (Å²) in [6, 6.07) is 7.69. The predicted octanol–water partition coefficient (Wildman–Crippen LogP) is 2.49. The topological polar surface area (TPSA) is 41.3 Å². The van der Waals surface area contributed by atoms with E-state index >= 15 is 0 Å². The zero-order valence-corrected chi connectivity index (χ0v) is 9.62. The lowest BCUT2D eigenvalue weighted by atomic mass is 10.3. The first-order valence-corrected chi connectivity index (χ1v) is 5.13. The Balaban J connectivity index is 2.59. The van der Waals surface area contributed by atoms with Gasteiger partial charge >= 0.3 is 0 Å². The van der Waals surface area contributed by atoms with Crippen LogP contribution in [0.5, 0.6) is 0 Å². The first-order valence-electron chi connectivity index (χ1n) is 5.13. The van der Waals surface area contributed by atoms with Crippen molar-refractivity contribution >= 4 is 11.4 Å². The maximum Gasteiger partial charge on any atom is 0.0381 e. The van der Waals surface area contributed by atoms with Crippen LogP contribution in [0.2, 0.25) is 0 Å². The largest absolute Gasteiger partial charge is 0.399 e. The van der Waals surface area contributed by atoms with Gasteiger partial charge in [0, 0.05) is 36.9 Å². The van der Waals surface area contributed by atoms with Gasteiger partial charge in [0.15, 0.2) is 0 Å². The molecular formula is C12H19N3. The summed E-state index contributed by atoms with van der Waals surface area (Å²) in [6.07, 6.45) is 2.00. The fourth-order valence-corrected chi connectivity index (χ4v) is 1.13. The van der Waals surface area contributed by atoms with E-state index in [1.807, 2.05) is 30.5 Å². The summed E-state index contributed by atoms with van der Waals surface area (Å²) < 4.78 is 0. The average Bonchev–Trinajstić information content (AvgIpc) is 2.26. The molecule has 0 atom stereocenters. The van der Waals surface area contributed by atoms with Gasteiger partial charge in [-0.05, 0) is 38.1 Å². The second-order valence-electron chi connectivity index (χ2n) is 3.57. The van der Waals surface area contributed by atoms with Crippen LogP contribution in [0.3, 0.4) is 0 Å². The van der Waals surface area contributed by atoms with Crippen molar-refractivity contribution in [1.29, 1.82) is 0 Å². The van der Waals surface area contributed by atoms with Crippen LogP contribution in [0, 0.1) is 0 Å². The minimum Gasteiger partial charge on any atom is -0.399 e. The highest BCUT2D eigenvalue weighted by molar-refractivity contribution is 5.52. The second-order valence-corrected chi connectivity index (χ2v) is 3.57. The molecule has 1 rings (SSSR count). The first-order chi connectivity index (χ1) is 7.13. The number of nitrogens with two attached hydrogens (primary N) is 1. The minimum absolute atomic E-state index is 0.784. The van der Waals surface area contributed by atoms with Gasteiger partial charge in [-0.1, -0.05) is 0 Å². The molecule has 0 saturated carbocycles. The number of nitrogens with one attached hydrogen (secondary N) is 1. The number of hydrogen-bond acceptors (Lipinski definition) is 3. The molecule has 3 heteroatoms. The van der Waals surface area contributed by atoms with Gasteiger partial charge in [-0.25, -0.2) is 0 Å². The van der Waals surface area contributed by atoms with Crippen molar-refractivity contribution in [2.45, 2.75) is 13.8 Å². The van der Waals surface area contributed by atoms with E-state index in [0.29, 0.717) is 0 Å². The van der Waals surface area contributed by atoms with E-state index in [2.05, 4.69) is 31.1 Å². The van der Waals surface area contributed by atoms with Crippen LogP contribution < -0.4 is 11.1 Å². The molecule has 0 spiro atoms. The van der Waals surface area contributed by atoms with Gasteiger partial charge in [0.05, 0.1) is 0 Å². The standard InChI is InChI=1S/C12H19N3/c1-4-15(3)10(2)9-14-12-7-5-11(13)6-8-12/h5-9,14H,4,13H2,1-3H3/b10-9-. The molecule has 0 bridgehead atoms. The van der Waals surface area contributed by atoms with Gasteiger partial charge in [0.2, 0.25) is 0 Å². The van der Waals surface area contributed by atoms with E-state index in [9.17, 15) is 0 Å². The molecule has 82 valence electrons. The molecule has 1 aromatic rings. The van der Waals surface area contributed by atoms with E-state index in [1.54, 1.807) is 0 Å². The maximum absolute atomic E-state index is 5.60. The Labute approximate surface area is 91.6 Å². The number of benzene rings is 1. The monoisotopic (exact) mass is 205 g/mol. The molecular weight excluding hydrogens is 186 g/mol. The number of nitrogens with zero attached hydrogens (tertiary/aromatic N) is 1. The summed E-state index contributed by atoms with van der Waals surface area (Å²) in [5.74, 6) is 0. The quantitative estimate of drug-likeness (QED) is 0.742. The van der Waals surface area contributed by atoms with Crippen molar-refractivity contribution in [3.63, 3.8) is 0 Å². The van der Waals surface area contributed by atoms with E-state index < -0.39 is 0 Å². The van der Waals surface area contributed by atoms with E-state index in [4.69, 9.17) is 5.73 Å². The molecule has 0 aliphatic heterocycles. The van der Waals surface area contributed by atoms with Crippen LogP contribution in [0.1, 0.15) is 13.8 Å².